The number of aromatic hydroxyl groups is 1. The van der Waals surface area contributed by atoms with E-state index in [1.807, 2.05) is 6.07 Å². The summed E-state index contributed by atoms with van der Waals surface area (Å²) in [5.74, 6) is 0.203. The van der Waals surface area contributed by atoms with Gasteiger partial charge in [-0.3, -0.25) is 4.90 Å². The highest BCUT2D eigenvalue weighted by molar-refractivity contribution is 5.50. The van der Waals surface area contributed by atoms with Gasteiger partial charge < -0.3 is 10.0 Å². The van der Waals surface area contributed by atoms with Crippen LogP contribution in [0.2, 0.25) is 0 Å². The Morgan fingerprint density at radius 1 is 0.818 bits per heavy atom. The average molecular weight is 442 g/mol. The zero-order valence-corrected chi connectivity index (χ0v) is 19.4. The van der Waals surface area contributed by atoms with Crippen molar-refractivity contribution in [2.45, 2.75) is 31.7 Å². The molecule has 1 aromatic heterocycles. The van der Waals surface area contributed by atoms with Crippen LogP contribution in [0.15, 0.2) is 79.4 Å². The molecule has 33 heavy (non-hydrogen) atoms. The van der Waals surface area contributed by atoms with Crippen LogP contribution in [0, 0.1) is 0 Å². The average Bonchev–Trinajstić information content (AvgIpc) is 2.87. The van der Waals surface area contributed by atoms with Crippen LogP contribution >= 0.6 is 0 Å². The molecule has 0 saturated carbocycles. The van der Waals surface area contributed by atoms with E-state index in [2.05, 4.69) is 82.0 Å². The second-order valence-electron chi connectivity index (χ2n) is 8.82. The fourth-order valence-electron chi connectivity index (χ4n) is 4.75. The highest BCUT2D eigenvalue weighted by Crippen LogP contribution is 2.29. The third kappa shape index (κ3) is 6.31. The van der Waals surface area contributed by atoms with E-state index in [1.165, 1.54) is 24.0 Å². The second kappa shape index (κ2) is 11.8. The summed E-state index contributed by atoms with van der Waals surface area (Å²) in [6.45, 7) is 9.31. The van der Waals surface area contributed by atoms with Crippen molar-refractivity contribution in [2.75, 3.05) is 32.7 Å². The number of rotatable bonds is 10. The van der Waals surface area contributed by atoms with Crippen LogP contribution in [0.1, 0.15) is 47.8 Å². The lowest BCUT2D eigenvalue weighted by Crippen LogP contribution is -2.48. The van der Waals surface area contributed by atoms with Crippen molar-refractivity contribution in [1.29, 1.82) is 0 Å². The summed E-state index contributed by atoms with van der Waals surface area (Å²) in [6.07, 6.45) is 6.10. The summed E-state index contributed by atoms with van der Waals surface area (Å²) in [6, 6.07) is 25.8. The summed E-state index contributed by atoms with van der Waals surface area (Å²) >= 11 is 0. The maximum Gasteiger partial charge on any atom is 0.141 e. The van der Waals surface area contributed by atoms with Gasteiger partial charge in [-0.15, -0.1) is 0 Å². The van der Waals surface area contributed by atoms with Gasteiger partial charge in [0.15, 0.2) is 0 Å². The first-order valence-corrected chi connectivity index (χ1v) is 12.1. The predicted octanol–water partition coefficient (Wildman–Crippen LogP) is 5.55. The van der Waals surface area contributed by atoms with Crippen LogP contribution in [-0.4, -0.2) is 52.6 Å². The van der Waals surface area contributed by atoms with Gasteiger partial charge in [0.25, 0.3) is 0 Å². The summed E-state index contributed by atoms with van der Waals surface area (Å²) < 4.78 is 0. The topological polar surface area (TPSA) is 39.6 Å². The van der Waals surface area contributed by atoms with Crippen molar-refractivity contribution in [3.63, 3.8) is 0 Å². The SMILES string of the molecule is C=Cc1nc(CCCCCN2CCN(C(c3ccccc3)c3ccccc3)CC2)ccc1O. The Morgan fingerprint density at radius 2 is 1.45 bits per heavy atom. The molecule has 1 saturated heterocycles. The molecule has 172 valence electrons. The lowest BCUT2D eigenvalue weighted by Gasteiger charge is -2.39. The molecule has 0 bridgehead atoms. The molecule has 0 unspecified atom stereocenters. The number of pyridine rings is 1. The van der Waals surface area contributed by atoms with E-state index >= 15 is 0 Å². The van der Waals surface area contributed by atoms with Gasteiger partial charge in [0.1, 0.15) is 11.4 Å². The molecule has 0 aliphatic carbocycles. The van der Waals surface area contributed by atoms with E-state index in [1.54, 1.807) is 12.1 Å². The van der Waals surface area contributed by atoms with E-state index in [9.17, 15) is 5.11 Å². The molecule has 1 aliphatic heterocycles. The minimum atomic E-state index is 0.203. The van der Waals surface area contributed by atoms with E-state index < -0.39 is 0 Å². The first-order valence-electron chi connectivity index (χ1n) is 12.1. The molecular formula is C29H35N3O. The molecule has 4 heteroatoms. The van der Waals surface area contributed by atoms with E-state index in [0.717, 1.165) is 51.3 Å². The Kier molecular flexibility index (Phi) is 8.29. The Balaban J connectivity index is 1.23. The van der Waals surface area contributed by atoms with Crippen molar-refractivity contribution < 1.29 is 5.11 Å². The van der Waals surface area contributed by atoms with Crippen molar-refractivity contribution in [3.05, 3.63) is 102 Å². The van der Waals surface area contributed by atoms with Crippen molar-refractivity contribution in [3.8, 4) is 5.75 Å². The summed E-state index contributed by atoms with van der Waals surface area (Å²) in [5, 5.41) is 9.73. The van der Waals surface area contributed by atoms with Crippen molar-refractivity contribution >= 4 is 6.08 Å². The van der Waals surface area contributed by atoms with Crippen LogP contribution in [-0.2, 0) is 6.42 Å². The van der Waals surface area contributed by atoms with E-state index in [0.29, 0.717) is 11.7 Å². The van der Waals surface area contributed by atoms with Gasteiger partial charge >= 0.3 is 0 Å². The van der Waals surface area contributed by atoms with Crippen molar-refractivity contribution in [1.82, 2.24) is 14.8 Å². The number of aryl methyl sites for hydroxylation is 1. The molecule has 2 aromatic carbocycles. The van der Waals surface area contributed by atoms with E-state index in [4.69, 9.17) is 0 Å². The van der Waals surface area contributed by atoms with Crippen LogP contribution in [0.3, 0.4) is 0 Å². The maximum absolute atomic E-state index is 9.73. The monoisotopic (exact) mass is 441 g/mol. The van der Waals surface area contributed by atoms with Crippen LogP contribution < -0.4 is 0 Å². The van der Waals surface area contributed by atoms with Gasteiger partial charge in [0.2, 0.25) is 0 Å². The second-order valence-corrected chi connectivity index (χ2v) is 8.82. The number of hydrogen-bond donors (Lipinski definition) is 1. The van der Waals surface area contributed by atoms with Crippen LogP contribution in [0.4, 0.5) is 0 Å². The molecule has 3 aromatic rings. The molecule has 2 heterocycles. The number of nitrogens with zero attached hydrogens (tertiary/aromatic N) is 3. The first kappa shape index (κ1) is 23.2. The zero-order valence-electron chi connectivity index (χ0n) is 19.4. The molecule has 1 aliphatic rings. The van der Waals surface area contributed by atoms with Gasteiger partial charge in [-0.05, 0) is 55.1 Å². The Bertz CT molecular complexity index is 958. The van der Waals surface area contributed by atoms with E-state index in [-0.39, 0.29) is 5.75 Å². The fourth-order valence-corrected chi connectivity index (χ4v) is 4.75. The van der Waals surface area contributed by atoms with Gasteiger partial charge in [0, 0.05) is 31.9 Å². The van der Waals surface area contributed by atoms with Gasteiger partial charge in [-0.2, -0.15) is 0 Å². The molecule has 4 nitrogen and oxygen atoms in total. The van der Waals surface area contributed by atoms with Gasteiger partial charge in [0.05, 0.1) is 6.04 Å². The minimum absolute atomic E-state index is 0.203. The normalized spacial score (nSPS) is 15.1. The number of benzene rings is 2. The largest absolute Gasteiger partial charge is 0.506 e. The molecule has 0 radical (unpaired) electrons. The summed E-state index contributed by atoms with van der Waals surface area (Å²) in [5.41, 5.74) is 4.36. The standard InChI is InChI=1S/C29H35N3O/c1-2-27-28(33)18-17-26(30-27)16-10-5-11-19-31-20-22-32(23-21-31)29(24-12-6-3-7-13-24)25-14-8-4-9-15-25/h2-4,6-9,12-15,17-18,29,33H,1,5,10-11,16,19-23H2. The first-order chi connectivity index (χ1) is 16.2. The molecule has 0 spiro atoms. The highest BCUT2D eigenvalue weighted by Gasteiger charge is 2.26. The molecule has 1 N–H and O–H groups in total. The molecular weight excluding hydrogens is 406 g/mol. The van der Waals surface area contributed by atoms with Crippen LogP contribution in [0.25, 0.3) is 6.08 Å². The minimum Gasteiger partial charge on any atom is -0.506 e. The molecule has 1 fully saturated rings. The quantitative estimate of drug-likeness (QED) is 0.419. The maximum atomic E-state index is 9.73. The Hall–Kier alpha value is -2.95. The summed E-state index contributed by atoms with van der Waals surface area (Å²) in [4.78, 5) is 9.71. The lowest BCUT2D eigenvalue weighted by molar-refractivity contribution is 0.108. The molecule has 0 atom stereocenters. The number of hydrogen-bond acceptors (Lipinski definition) is 4. The third-order valence-corrected chi connectivity index (χ3v) is 6.56. The smallest absolute Gasteiger partial charge is 0.141 e. The van der Waals surface area contributed by atoms with Crippen molar-refractivity contribution in [2.24, 2.45) is 0 Å². The highest BCUT2D eigenvalue weighted by atomic mass is 16.3. The van der Waals surface area contributed by atoms with Gasteiger partial charge in [-0.25, -0.2) is 4.98 Å². The number of piperazine rings is 1. The Morgan fingerprint density at radius 3 is 2.06 bits per heavy atom. The lowest BCUT2D eigenvalue weighted by atomic mass is 9.96. The fraction of sp³-hybridized carbons (Fsp3) is 0.345. The molecule has 0 amide bonds. The van der Waals surface area contributed by atoms with Gasteiger partial charge in [-0.1, -0.05) is 73.7 Å². The number of aromatic nitrogens is 1. The zero-order chi connectivity index (χ0) is 22.9. The van der Waals surface area contributed by atoms with Crippen LogP contribution in [0.5, 0.6) is 5.75 Å². The predicted molar refractivity (Wildman–Crippen MR) is 136 cm³/mol. The number of unbranched alkanes of at least 4 members (excludes halogenated alkanes) is 2. The Labute approximate surface area is 198 Å². The molecule has 4 rings (SSSR count). The summed E-state index contributed by atoms with van der Waals surface area (Å²) in [7, 11) is 0. The third-order valence-electron chi connectivity index (χ3n) is 6.56.